The second kappa shape index (κ2) is 9.90. The van der Waals surface area contributed by atoms with Crippen LogP contribution in [0.1, 0.15) is 28.9 Å². The van der Waals surface area contributed by atoms with Gasteiger partial charge in [0.15, 0.2) is 0 Å². The molecule has 1 N–H and O–H groups in total. The van der Waals surface area contributed by atoms with E-state index in [2.05, 4.69) is 33.1 Å². The summed E-state index contributed by atoms with van der Waals surface area (Å²) in [4.78, 5) is 21.6. The first kappa shape index (κ1) is 21.9. The highest BCUT2D eigenvalue weighted by Crippen LogP contribution is 2.30. The van der Waals surface area contributed by atoms with Crippen LogP contribution in [0.3, 0.4) is 0 Å². The van der Waals surface area contributed by atoms with E-state index >= 15 is 0 Å². The van der Waals surface area contributed by atoms with Gasteiger partial charge >= 0.3 is 0 Å². The topological polar surface area (TPSA) is 52.9 Å². The Balaban J connectivity index is 1.16. The van der Waals surface area contributed by atoms with Gasteiger partial charge in [-0.2, -0.15) is 0 Å². The molecule has 0 aliphatic carbocycles. The second-order valence-electron chi connectivity index (χ2n) is 7.94. The molecule has 4 rings (SSSR count). The summed E-state index contributed by atoms with van der Waals surface area (Å²) in [6.07, 6.45) is 5.44. The number of carbonyl (C=O) groups excluding carboxylic acids is 1. The van der Waals surface area contributed by atoms with Crippen LogP contribution < -0.4 is 10.2 Å². The molecule has 0 radical (unpaired) electrons. The van der Waals surface area contributed by atoms with Crippen LogP contribution in [0.4, 0.5) is 5.69 Å². The highest BCUT2D eigenvalue weighted by molar-refractivity contribution is 6.33. The first-order chi connectivity index (χ1) is 15.0. The summed E-state index contributed by atoms with van der Waals surface area (Å²) < 4.78 is 1.76. The number of nitrogens with one attached hydrogen (secondary N) is 1. The molecule has 8 heteroatoms. The number of benzene rings is 1. The van der Waals surface area contributed by atoms with Crippen LogP contribution in [0.2, 0.25) is 10.0 Å². The lowest BCUT2D eigenvalue weighted by Gasteiger charge is -2.37. The Bertz CT molecular complexity index is 1040. The van der Waals surface area contributed by atoms with Crippen LogP contribution >= 0.6 is 23.2 Å². The number of aryl methyl sites for hydroxylation is 1. The van der Waals surface area contributed by atoms with Crippen molar-refractivity contribution in [3.8, 4) is 0 Å². The van der Waals surface area contributed by atoms with E-state index in [1.807, 2.05) is 12.1 Å². The summed E-state index contributed by atoms with van der Waals surface area (Å²) in [5.74, 6) is -0.149. The van der Waals surface area contributed by atoms with Crippen molar-refractivity contribution >= 4 is 40.4 Å². The Labute approximate surface area is 192 Å². The van der Waals surface area contributed by atoms with Crippen molar-refractivity contribution in [3.05, 3.63) is 64.0 Å². The van der Waals surface area contributed by atoms with Crippen LogP contribution in [-0.4, -0.2) is 59.5 Å². The number of amides is 1. The van der Waals surface area contributed by atoms with Gasteiger partial charge in [-0.25, -0.2) is 4.98 Å². The fourth-order valence-electron chi connectivity index (χ4n) is 4.05. The number of rotatable bonds is 7. The highest BCUT2D eigenvalue weighted by Gasteiger charge is 2.20. The third-order valence-corrected chi connectivity index (χ3v) is 6.24. The van der Waals surface area contributed by atoms with E-state index < -0.39 is 0 Å². The highest BCUT2D eigenvalue weighted by atomic mass is 35.5. The Hall–Kier alpha value is -2.28. The fraction of sp³-hybridized carbons (Fsp3) is 0.391. The van der Waals surface area contributed by atoms with Crippen LogP contribution in [0, 0.1) is 6.92 Å². The van der Waals surface area contributed by atoms with E-state index in [1.165, 1.54) is 11.3 Å². The average Bonchev–Trinajstić information content (AvgIpc) is 3.17. The van der Waals surface area contributed by atoms with Crippen molar-refractivity contribution in [2.75, 3.05) is 44.2 Å². The van der Waals surface area contributed by atoms with Crippen molar-refractivity contribution in [2.45, 2.75) is 19.8 Å². The number of hydrogen-bond donors (Lipinski definition) is 1. The Morgan fingerprint density at radius 3 is 2.65 bits per heavy atom. The van der Waals surface area contributed by atoms with Gasteiger partial charge in [-0.15, -0.1) is 0 Å². The molecule has 0 spiro atoms. The maximum atomic E-state index is 12.3. The summed E-state index contributed by atoms with van der Waals surface area (Å²) in [6, 6.07) is 9.64. The molecule has 3 aromatic rings. The number of halogens is 2. The first-order valence-electron chi connectivity index (χ1n) is 10.7. The lowest BCUT2D eigenvalue weighted by molar-refractivity contribution is 0.0948. The summed E-state index contributed by atoms with van der Waals surface area (Å²) in [5, 5.41) is 4.41. The first-order valence-corrected chi connectivity index (χ1v) is 11.4. The van der Waals surface area contributed by atoms with Gasteiger partial charge in [-0.05, 0) is 50.1 Å². The quantitative estimate of drug-likeness (QED) is 0.535. The minimum atomic E-state index is -0.149. The molecule has 0 atom stereocenters. The van der Waals surface area contributed by atoms with Crippen LogP contribution in [0.25, 0.3) is 5.65 Å². The minimum absolute atomic E-state index is 0.149. The number of piperazine rings is 1. The van der Waals surface area contributed by atoms with Crippen LogP contribution in [0.15, 0.2) is 42.7 Å². The zero-order valence-corrected chi connectivity index (χ0v) is 19.2. The molecule has 1 saturated heterocycles. The third-order valence-electron chi connectivity index (χ3n) is 5.71. The van der Waals surface area contributed by atoms with E-state index in [1.54, 1.807) is 28.9 Å². The number of imidazole rings is 1. The van der Waals surface area contributed by atoms with Crippen molar-refractivity contribution in [1.82, 2.24) is 19.6 Å². The van der Waals surface area contributed by atoms with Gasteiger partial charge in [0.05, 0.1) is 15.7 Å². The number of para-hydroxylation sites is 1. The van der Waals surface area contributed by atoms with Gasteiger partial charge in [-0.1, -0.05) is 35.3 Å². The molecule has 1 aromatic carbocycles. The van der Waals surface area contributed by atoms with Crippen LogP contribution in [0.5, 0.6) is 0 Å². The number of fused-ring (bicyclic) bond motifs is 1. The van der Waals surface area contributed by atoms with Crippen LogP contribution in [-0.2, 0) is 0 Å². The number of aromatic nitrogens is 2. The predicted octanol–water partition coefficient (Wildman–Crippen LogP) is 4.28. The molecular weight excluding hydrogens is 433 g/mol. The van der Waals surface area contributed by atoms with Gasteiger partial charge in [-0.3, -0.25) is 9.69 Å². The molecule has 0 bridgehead atoms. The van der Waals surface area contributed by atoms with Gasteiger partial charge in [0.25, 0.3) is 5.91 Å². The number of pyridine rings is 1. The van der Waals surface area contributed by atoms with E-state index in [0.717, 1.165) is 50.6 Å². The number of unbranched alkanes of at least 4 members (excludes halogenated alkanes) is 1. The lowest BCUT2D eigenvalue weighted by atomic mass is 10.1. The van der Waals surface area contributed by atoms with Gasteiger partial charge in [0.1, 0.15) is 11.3 Å². The minimum Gasteiger partial charge on any atom is -0.368 e. The number of carbonyl (C=O) groups is 1. The summed E-state index contributed by atoms with van der Waals surface area (Å²) in [5.41, 5.74) is 3.51. The maximum Gasteiger partial charge on any atom is 0.271 e. The molecule has 1 aliphatic rings. The molecule has 31 heavy (non-hydrogen) atoms. The Morgan fingerprint density at radius 1 is 1.06 bits per heavy atom. The average molecular weight is 460 g/mol. The molecular formula is C23H27Cl2N5O. The Kier molecular flexibility index (Phi) is 7.00. The van der Waals surface area contributed by atoms with Gasteiger partial charge < -0.3 is 14.6 Å². The van der Waals surface area contributed by atoms with E-state index in [-0.39, 0.29) is 5.91 Å². The van der Waals surface area contributed by atoms with E-state index in [4.69, 9.17) is 23.2 Å². The van der Waals surface area contributed by atoms with Crippen molar-refractivity contribution in [1.29, 1.82) is 0 Å². The zero-order chi connectivity index (χ0) is 21.8. The molecule has 3 heterocycles. The van der Waals surface area contributed by atoms with Gasteiger partial charge in [0.2, 0.25) is 0 Å². The number of anilines is 1. The summed E-state index contributed by atoms with van der Waals surface area (Å²) >= 11 is 12.4. The van der Waals surface area contributed by atoms with Gasteiger partial charge in [0, 0.05) is 45.1 Å². The van der Waals surface area contributed by atoms with Crippen molar-refractivity contribution in [2.24, 2.45) is 0 Å². The second-order valence-corrected chi connectivity index (χ2v) is 8.78. The number of hydrogen-bond acceptors (Lipinski definition) is 4. The molecule has 1 amide bonds. The van der Waals surface area contributed by atoms with Crippen molar-refractivity contribution in [3.63, 3.8) is 0 Å². The number of nitrogens with zero attached hydrogens (tertiary/aromatic N) is 4. The largest absolute Gasteiger partial charge is 0.368 e. The Morgan fingerprint density at radius 2 is 1.87 bits per heavy atom. The zero-order valence-electron chi connectivity index (χ0n) is 17.7. The smallest absolute Gasteiger partial charge is 0.271 e. The normalized spacial score (nSPS) is 14.9. The third kappa shape index (κ3) is 5.32. The summed E-state index contributed by atoms with van der Waals surface area (Å²) in [7, 11) is 0. The molecule has 1 fully saturated rings. The molecule has 164 valence electrons. The fourth-order valence-corrected chi connectivity index (χ4v) is 4.56. The molecule has 6 nitrogen and oxygen atoms in total. The van der Waals surface area contributed by atoms with Crippen molar-refractivity contribution < 1.29 is 4.79 Å². The molecule has 0 saturated carbocycles. The maximum absolute atomic E-state index is 12.3. The van der Waals surface area contributed by atoms with E-state index in [9.17, 15) is 4.79 Å². The SMILES string of the molecule is Cc1cccc(Cl)c1N1CCN(CCCCNC(=O)c2cn3cc(Cl)ccc3n2)CC1. The molecule has 0 unspecified atom stereocenters. The molecule has 2 aromatic heterocycles. The standard InChI is InChI=1S/C23H27Cl2N5O/c1-17-5-4-6-19(25)22(17)29-13-11-28(12-14-29)10-3-2-9-26-23(31)20-16-30-15-18(24)7-8-21(30)27-20/h4-8,15-16H,2-3,9-14H2,1H3,(H,26,31). The van der Waals surface area contributed by atoms with E-state index in [0.29, 0.717) is 22.9 Å². The monoisotopic (exact) mass is 459 g/mol. The predicted molar refractivity (Wildman–Crippen MR) is 127 cm³/mol. The summed E-state index contributed by atoms with van der Waals surface area (Å²) in [6.45, 7) is 7.83. The lowest BCUT2D eigenvalue weighted by Crippen LogP contribution is -2.47. The molecule has 1 aliphatic heterocycles.